The van der Waals surface area contributed by atoms with Gasteiger partial charge in [0.25, 0.3) is 5.56 Å². The van der Waals surface area contributed by atoms with E-state index in [1.54, 1.807) is 45.0 Å². The number of methoxy groups -OCH3 is 1. The first-order valence-corrected chi connectivity index (χ1v) is 9.49. The molecule has 0 spiro atoms. The molecular formula is C21H27N5O5. The van der Waals surface area contributed by atoms with Crippen LogP contribution in [0.15, 0.2) is 41.7 Å². The lowest BCUT2D eigenvalue weighted by atomic mass is 10.0. The lowest BCUT2D eigenvalue weighted by molar-refractivity contribution is 0.0502. The topological polar surface area (TPSA) is 148 Å². The highest BCUT2D eigenvalue weighted by atomic mass is 16.6. The average molecular weight is 429 g/mol. The monoisotopic (exact) mass is 429 g/mol. The average Bonchev–Trinajstić information content (AvgIpc) is 2.67. The summed E-state index contributed by atoms with van der Waals surface area (Å²) < 4.78 is 9.85. The second-order valence-electron chi connectivity index (χ2n) is 7.68. The predicted octanol–water partition coefficient (Wildman–Crippen LogP) is 3.34. The molecule has 0 saturated carbocycles. The summed E-state index contributed by atoms with van der Waals surface area (Å²) >= 11 is 0. The summed E-state index contributed by atoms with van der Waals surface area (Å²) in [4.78, 5) is 36.0. The van der Waals surface area contributed by atoms with Crippen LogP contribution in [-0.4, -0.2) is 35.1 Å². The van der Waals surface area contributed by atoms with E-state index in [0.717, 1.165) is 0 Å². The molecule has 1 aromatic heterocycles. The SMILES string of the molecule is C=CC[C@H](NC(=O)OC(C)(C)C)c1cc(-c2ccc(NC(=O)OC)cc2N)c(=O)[nH]n1. The summed E-state index contributed by atoms with van der Waals surface area (Å²) in [5.41, 5.74) is 6.75. The molecule has 1 aromatic carbocycles. The largest absolute Gasteiger partial charge is 0.453 e. The minimum absolute atomic E-state index is 0.257. The van der Waals surface area contributed by atoms with Crippen molar-refractivity contribution in [3.8, 4) is 11.1 Å². The molecule has 10 nitrogen and oxygen atoms in total. The van der Waals surface area contributed by atoms with E-state index in [1.807, 2.05) is 0 Å². The van der Waals surface area contributed by atoms with Gasteiger partial charge in [-0.25, -0.2) is 14.7 Å². The Morgan fingerprint density at radius 2 is 1.97 bits per heavy atom. The maximum atomic E-state index is 12.4. The number of H-pyrrole nitrogens is 1. The number of rotatable bonds is 6. The molecule has 2 rings (SSSR count). The number of benzene rings is 1. The van der Waals surface area contributed by atoms with E-state index in [9.17, 15) is 14.4 Å². The van der Waals surface area contributed by atoms with Gasteiger partial charge < -0.3 is 20.5 Å². The van der Waals surface area contributed by atoms with Crippen LogP contribution in [0.5, 0.6) is 0 Å². The maximum absolute atomic E-state index is 12.4. The Balaban J connectivity index is 2.37. The Bertz CT molecular complexity index is 1030. The zero-order valence-corrected chi connectivity index (χ0v) is 17.9. The van der Waals surface area contributed by atoms with E-state index in [-0.39, 0.29) is 11.3 Å². The molecule has 0 aliphatic rings. The van der Waals surface area contributed by atoms with E-state index in [2.05, 4.69) is 32.1 Å². The molecule has 0 aliphatic heterocycles. The number of carbonyl (C=O) groups excluding carboxylic acids is 2. The highest BCUT2D eigenvalue weighted by molar-refractivity contribution is 5.87. The number of nitrogens with two attached hydrogens (primary N) is 1. The molecule has 166 valence electrons. The number of ether oxygens (including phenoxy) is 2. The first kappa shape index (κ1) is 23.5. The highest BCUT2D eigenvalue weighted by Gasteiger charge is 2.22. The standard InChI is InChI=1S/C21H27N5O5/c1-6-7-16(24-20(29)31-21(2,3)4)17-11-14(18(27)26-25-17)13-9-8-12(10-15(13)22)23-19(28)30-5/h6,8-11,16H,1,7,22H2,2-5H3,(H,23,28)(H,24,29)(H,26,27)/t16-/m0/s1. The van der Waals surface area contributed by atoms with Gasteiger partial charge >= 0.3 is 12.2 Å². The third-order valence-electron chi connectivity index (χ3n) is 4.05. The predicted molar refractivity (Wildman–Crippen MR) is 118 cm³/mol. The molecule has 2 aromatic rings. The number of amides is 2. The van der Waals surface area contributed by atoms with Gasteiger partial charge in [-0.3, -0.25) is 10.1 Å². The number of alkyl carbamates (subject to hydrolysis) is 1. The smallest absolute Gasteiger partial charge is 0.411 e. The van der Waals surface area contributed by atoms with Crippen LogP contribution < -0.4 is 21.9 Å². The molecule has 1 heterocycles. The second-order valence-corrected chi connectivity index (χ2v) is 7.68. The Morgan fingerprint density at radius 3 is 2.55 bits per heavy atom. The fraction of sp³-hybridized carbons (Fsp3) is 0.333. The first-order chi connectivity index (χ1) is 14.5. The second kappa shape index (κ2) is 9.79. The molecule has 0 radical (unpaired) electrons. The molecule has 0 unspecified atom stereocenters. The third-order valence-corrected chi connectivity index (χ3v) is 4.05. The normalized spacial score (nSPS) is 11.9. The van der Waals surface area contributed by atoms with Crippen LogP contribution in [0.1, 0.15) is 38.9 Å². The van der Waals surface area contributed by atoms with Gasteiger partial charge in [-0.05, 0) is 45.4 Å². The molecule has 5 N–H and O–H groups in total. The summed E-state index contributed by atoms with van der Waals surface area (Å²) in [6, 6.07) is 5.65. The number of aromatic amines is 1. The number of aromatic nitrogens is 2. The summed E-state index contributed by atoms with van der Waals surface area (Å²) in [6.45, 7) is 8.97. The summed E-state index contributed by atoms with van der Waals surface area (Å²) in [5, 5.41) is 11.7. The van der Waals surface area contributed by atoms with E-state index < -0.39 is 29.4 Å². The van der Waals surface area contributed by atoms with E-state index in [4.69, 9.17) is 10.5 Å². The van der Waals surface area contributed by atoms with Crippen LogP contribution in [0, 0.1) is 0 Å². The van der Waals surface area contributed by atoms with Crippen LogP contribution in [0.25, 0.3) is 11.1 Å². The van der Waals surface area contributed by atoms with Gasteiger partial charge in [0.1, 0.15) is 5.60 Å². The third kappa shape index (κ3) is 6.59. The number of hydrogen-bond acceptors (Lipinski definition) is 7. The molecule has 0 aliphatic carbocycles. The maximum Gasteiger partial charge on any atom is 0.411 e. The molecule has 0 bridgehead atoms. The lowest BCUT2D eigenvalue weighted by Gasteiger charge is -2.23. The Kier molecular flexibility index (Phi) is 7.41. The van der Waals surface area contributed by atoms with E-state index in [1.165, 1.54) is 13.2 Å². The zero-order valence-electron chi connectivity index (χ0n) is 17.9. The molecule has 0 fully saturated rings. The molecular weight excluding hydrogens is 402 g/mol. The highest BCUT2D eigenvalue weighted by Crippen LogP contribution is 2.28. The minimum Gasteiger partial charge on any atom is -0.453 e. The van der Waals surface area contributed by atoms with Gasteiger partial charge in [0, 0.05) is 16.9 Å². The Hall–Kier alpha value is -3.82. The van der Waals surface area contributed by atoms with Gasteiger partial charge in [-0.1, -0.05) is 12.1 Å². The summed E-state index contributed by atoms with van der Waals surface area (Å²) in [6.07, 6.45) is 0.717. The molecule has 2 amide bonds. The van der Waals surface area contributed by atoms with Crippen LogP contribution >= 0.6 is 0 Å². The zero-order chi connectivity index (χ0) is 23.2. The Labute approximate surface area is 179 Å². The van der Waals surface area contributed by atoms with Gasteiger partial charge in [-0.2, -0.15) is 5.10 Å². The van der Waals surface area contributed by atoms with Crippen molar-refractivity contribution < 1.29 is 19.1 Å². The van der Waals surface area contributed by atoms with Gasteiger partial charge in [0.05, 0.1) is 24.4 Å². The lowest BCUT2D eigenvalue weighted by Crippen LogP contribution is -2.35. The van der Waals surface area contributed by atoms with Crippen LogP contribution in [-0.2, 0) is 9.47 Å². The van der Waals surface area contributed by atoms with Crippen molar-refractivity contribution in [1.82, 2.24) is 15.5 Å². The van der Waals surface area contributed by atoms with Crippen molar-refractivity contribution >= 4 is 23.6 Å². The number of hydrogen-bond donors (Lipinski definition) is 4. The quantitative estimate of drug-likeness (QED) is 0.406. The minimum atomic E-state index is -0.666. The molecule has 0 saturated heterocycles. The number of carbonyl (C=O) groups is 2. The van der Waals surface area contributed by atoms with Crippen molar-refractivity contribution in [2.45, 2.75) is 38.8 Å². The van der Waals surface area contributed by atoms with Gasteiger partial charge in [0.2, 0.25) is 0 Å². The number of anilines is 2. The molecule has 10 heteroatoms. The molecule has 1 atom stereocenters. The fourth-order valence-corrected chi connectivity index (χ4v) is 2.72. The van der Waals surface area contributed by atoms with Crippen molar-refractivity contribution in [2.75, 3.05) is 18.2 Å². The number of nitrogen functional groups attached to an aromatic ring is 1. The Morgan fingerprint density at radius 1 is 1.26 bits per heavy atom. The van der Waals surface area contributed by atoms with Crippen LogP contribution in [0.3, 0.4) is 0 Å². The number of nitrogens with one attached hydrogen (secondary N) is 3. The molecule has 31 heavy (non-hydrogen) atoms. The van der Waals surface area contributed by atoms with Crippen molar-refractivity contribution in [3.05, 3.63) is 53.0 Å². The van der Waals surface area contributed by atoms with Gasteiger partial charge in [-0.15, -0.1) is 6.58 Å². The number of nitrogens with zero attached hydrogens (tertiary/aromatic N) is 1. The van der Waals surface area contributed by atoms with Crippen LogP contribution in [0.2, 0.25) is 0 Å². The van der Waals surface area contributed by atoms with E-state index >= 15 is 0 Å². The summed E-state index contributed by atoms with van der Waals surface area (Å²) in [5.74, 6) is 0. The van der Waals surface area contributed by atoms with E-state index in [0.29, 0.717) is 23.4 Å². The van der Waals surface area contributed by atoms with Crippen LogP contribution in [0.4, 0.5) is 21.0 Å². The van der Waals surface area contributed by atoms with Crippen molar-refractivity contribution in [1.29, 1.82) is 0 Å². The summed E-state index contributed by atoms with van der Waals surface area (Å²) in [7, 11) is 1.25. The first-order valence-electron chi connectivity index (χ1n) is 9.49. The van der Waals surface area contributed by atoms with Crippen molar-refractivity contribution in [2.24, 2.45) is 0 Å². The fourth-order valence-electron chi connectivity index (χ4n) is 2.72. The van der Waals surface area contributed by atoms with Gasteiger partial charge in [0.15, 0.2) is 0 Å². The van der Waals surface area contributed by atoms with Crippen molar-refractivity contribution in [3.63, 3.8) is 0 Å².